The molecule has 1 aromatic carbocycles. The van der Waals surface area contributed by atoms with E-state index in [-0.39, 0.29) is 42.8 Å². The van der Waals surface area contributed by atoms with E-state index in [0.29, 0.717) is 65.6 Å². The number of nitrogens with zero attached hydrogens (tertiary/aromatic N) is 7. The van der Waals surface area contributed by atoms with Crippen LogP contribution in [0, 0.1) is 44.4 Å². The van der Waals surface area contributed by atoms with E-state index in [1.165, 1.54) is 45.8 Å². The quantitative estimate of drug-likeness (QED) is 0.261. The van der Waals surface area contributed by atoms with Gasteiger partial charge in [-0.3, -0.25) is 14.4 Å². The van der Waals surface area contributed by atoms with Crippen molar-refractivity contribution in [2.45, 2.75) is 92.5 Å². The maximum absolute atomic E-state index is 14.3. The number of fused-ring (bicyclic) bond motifs is 1. The van der Waals surface area contributed by atoms with Crippen LogP contribution in [0.2, 0.25) is 5.02 Å². The van der Waals surface area contributed by atoms with Crippen molar-refractivity contribution in [3.8, 4) is 0 Å². The van der Waals surface area contributed by atoms with Crippen LogP contribution in [0.15, 0.2) is 24.5 Å². The lowest BCUT2D eigenvalue weighted by Gasteiger charge is -2.39. The normalized spacial score (nSPS) is 19.4. The second-order valence-corrected chi connectivity index (χ2v) is 17.6. The van der Waals surface area contributed by atoms with E-state index in [4.69, 9.17) is 16.3 Å². The monoisotopic (exact) mass is 849 g/mol. The minimum absolute atomic E-state index is 0.0309. The van der Waals surface area contributed by atoms with E-state index < -0.39 is 47.6 Å². The van der Waals surface area contributed by atoms with Crippen molar-refractivity contribution in [3.63, 3.8) is 0 Å². The third kappa shape index (κ3) is 11.0. The number of piperidine rings is 1. The highest BCUT2D eigenvalue weighted by atomic mass is 35.5. The minimum Gasteiger partial charge on any atom is -0.442 e. The van der Waals surface area contributed by atoms with Crippen molar-refractivity contribution in [1.82, 2.24) is 29.7 Å². The van der Waals surface area contributed by atoms with E-state index in [2.05, 4.69) is 19.7 Å². The molecule has 3 fully saturated rings. The van der Waals surface area contributed by atoms with E-state index >= 15 is 0 Å². The first kappa shape index (κ1) is 45.6. The van der Waals surface area contributed by atoms with Gasteiger partial charge in [-0.15, -0.1) is 5.06 Å². The molecule has 0 radical (unpaired) electrons. The highest BCUT2D eigenvalue weighted by molar-refractivity contribution is 6.31. The molecule has 3 unspecified atom stereocenters. The molecule has 59 heavy (non-hydrogen) atoms. The molecule has 3 atom stereocenters. The molecule has 3 saturated heterocycles. The molecular formula is C41H55ClF3N7O7. The van der Waals surface area contributed by atoms with Crippen LogP contribution in [0.25, 0.3) is 0 Å². The van der Waals surface area contributed by atoms with Gasteiger partial charge >= 0.3 is 18.2 Å². The average Bonchev–Trinajstić information content (AvgIpc) is 3.72. The summed E-state index contributed by atoms with van der Waals surface area (Å²) in [5.74, 6) is -4.17. The third-order valence-corrected chi connectivity index (χ3v) is 11.6. The van der Waals surface area contributed by atoms with Gasteiger partial charge in [-0.25, -0.2) is 19.6 Å². The van der Waals surface area contributed by atoms with Gasteiger partial charge in [0, 0.05) is 62.4 Å². The molecule has 4 heterocycles. The molecule has 5 rings (SSSR count). The number of hydrogen-bond acceptors (Lipinski definition) is 10. The number of hydrogen-bond donors (Lipinski definition) is 0. The predicted octanol–water partition coefficient (Wildman–Crippen LogP) is 6.00. The lowest BCUT2D eigenvalue weighted by atomic mass is 9.93. The summed E-state index contributed by atoms with van der Waals surface area (Å²) in [6.07, 6.45) is -4.22. The Balaban J connectivity index is 1.22. The summed E-state index contributed by atoms with van der Waals surface area (Å²) >= 11 is 6.52. The maximum atomic E-state index is 14.3. The van der Waals surface area contributed by atoms with Crippen molar-refractivity contribution < 1.29 is 46.7 Å². The second kappa shape index (κ2) is 18.4. The zero-order valence-electron chi connectivity index (χ0n) is 35.0. The minimum atomic E-state index is -5.44. The van der Waals surface area contributed by atoms with E-state index in [1.54, 1.807) is 11.0 Å². The largest absolute Gasteiger partial charge is 0.493 e. The summed E-state index contributed by atoms with van der Waals surface area (Å²) in [5, 5.41) is 0.596. The molecule has 0 spiro atoms. The summed E-state index contributed by atoms with van der Waals surface area (Å²) in [4.78, 5) is 86.9. The number of amides is 4. The molecule has 1 aromatic heterocycles. The highest BCUT2D eigenvalue weighted by Crippen LogP contribution is 2.34. The van der Waals surface area contributed by atoms with Crippen LogP contribution in [0.4, 0.5) is 23.7 Å². The molecule has 0 saturated carbocycles. The van der Waals surface area contributed by atoms with Gasteiger partial charge in [-0.2, -0.15) is 13.2 Å². The maximum Gasteiger partial charge on any atom is 0.493 e. The number of carbonyl (C=O) groups is 5. The lowest BCUT2D eigenvalue weighted by Crippen LogP contribution is -2.57. The van der Waals surface area contributed by atoms with Crippen LogP contribution in [0.5, 0.6) is 0 Å². The molecular weight excluding hydrogens is 795 g/mol. The number of anilines is 1. The first-order chi connectivity index (χ1) is 27.5. The Hall–Kier alpha value is -4.51. The number of aromatic nitrogens is 2. The zero-order valence-corrected chi connectivity index (χ0v) is 35.7. The number of alkyl halides is 3. The van der Waals surface area contributed by atoms with E-state index in [1.807, 2.05) is 37.8 Å². The molecule has 324 valence electrons. The third-order valence-electron chi connectivity index (χ3n) is 11.2. The standard InChI is InChI=1S/C41H55ClF3N7O7/c1-24(2)34(52(39(57)58-40(6,7)8)59-38(56)41(43,44)45)37(55)49-16-12-28(13-17-49)35(53)51(31-11-10-25(3)32(42)18-31)15-9-14-48-19-29-21-50(22-30(29)20-48)36(54)33-26(4)46-23-47-27(33)5/h10-11,18,23-24,28-30,34H,9,12-17,19-22H2,1-8H3. The van der Waals surface area contributed by atoms with Crippen LogP contribution >= 0.6 is 11.6 Å². The lowest BCUT2D eigenvalue weighted by molar-refractivity contribution is -0.241. The van der Waals surface area contributed by atoms with Crippen LogP contribution in [0.3, 0.4) is 0 Å². The second-order valence-electron chi connectivity index (χ2n) is 17.2. The topological polar surface area (TPSA) is 146 Å². The summed E-state index contributed by atoms with van der Waals surface area (Å²) in [6, 6.07) is 3.84. The number of benzene rings is 1. The number of rotatable bonds is 10. The Bertz CT molecular complexity index is 1870. The van der Waals surface area contributed by atoms with Gasteiger partial charge in [0.25, 0.3) is 5.91 Å². The van der Waals surface area contributed by atoms with Crippen LogP contribution in [-0.2, 0) is 24.0 Å². The zero-order chi connectivity index (χ0) is 43.6. The first-order valence-corrected chi connectivity index (χ1v) is 20.4. The smallest absolute Gasteiger partial charge is 0.442 e. The van der Waals surface area contributed by atoms with Gasteiger partial charge < -0.3 is 29.2 Å². The van der Waals surface area contributed by atoms with Gasteiger partial charge in [0.15, 0.2) is 6.04 Å². The number of hydroxylamine groups is 2. The molecule has 4 amide bonds. The van der Waals surface area contributed by atoms with Gasteiger partial charge in [0.2, 0.25) is 11.8 Å². The van der Waals surface area contributed by atoms with Crippen LogP contribution < -0.4 is 4.90 Å². The fourth-order valence-corrected chi connectivity index (χ4v) is 8.31. The summed E-state index contributed by atoms with van der Waals surface area (Å²) in [5.41, 5.74) is 2.24. The number of likely N-dealkylation sites (tertiary alicyclic amines) is 3. The molecule has 2 aromatic rings. The number of halogens is 4. The van der Waals surface area contributed by atoms with Crippen molar-refractivity contribution in [2.75, 3.05) is 57.3 Å². The number of ether oxygens (including phenoxy) is 1. The Morgan fingerprint density at radius 2 is 1.51 bits per heavy atom. The molecule has 0 aliphatic carbocycles. The molecule has 0 bridgehead atoms. The van der Waals surface area contributed by atoms with Crippen molar-refractivity contribution in [1.29, 1.82) is 0 Å². The average molecular weight is 850 g/mol. The SMILES string of the molecule is Cc1ccc(N(CCCN2CC3CN(C(=O)c4c(C)ncnc4C)CC3C2)C(=O)C2CCN(C(=O)C(C(C)C)N(OC(=O)C(F)(F)F)C(=O)OC(C)(C)C)CC2)cc1Cl. The predicted molar refractivity (Wildman–Crippen MR) is 212 cm³/mol. The van der Waals surface area contributed by atoms with Gasteiger partial charge in [0.1, 0.15) is 11.9 Å². The Labute approximate surface area is 348 Å². The summed E-state index contributed by atoms with van der Waals surface area (Å²) < 4.78 is 45.1. The Kier molecular flexibility index (Phi) is 14.2. The van der Waals surface area contributed by atoms with Crippen LogP contribution in [0.1, 0.15) is 81.2 Å². The first-order valence-electron chi connectivity index (χ1n) is 20.0. The molecule has 3 aliphatic heterocycles. The molecule has 3 aliphatic rings. The number of carbonyl (C=O) groups excluding carboxylic acids is 5. The number of aryl methyl sites for hydroxylation is 3. The van der Waals surface area contributed by atoms with Gasteiger partial charge in [0.05, 0.1) is 17.0 Å². The van der Waals surface area contributed by atoms with Gasteiger partial charge in [-0.1, -0.05) is 31.5 Å². The fraction of sp³-hybridized carbons (Fsp3) is 0.634. The van der Waals surface area contributed by atoms with Gasteiger partial charge in [-0.05, 0) is 103 Å². The van der Waals surface area contributed by atoms with E-state index in [9.17, 15) is 37.1 Å². The molecule has 18 heteroatoms. The van der Waals surface area contributed by atoms with Crippen molar-refractivity contribution in [2.24, 2.45) is 23.7 Å². The highest BCUT2D eigenvalue weighted by Gasteiger charge is 2.48. The molecule has 14 nitrogen and oxygen atoms in total. The summed E-state index contributed by atoms with van der Waals surface area (Å²) in [7, 11) is 0. The Morgan fingerprint density at radius 1 is 0.915 bits per heavy atom. The van der Waals surface area contributed by atoms with E-state index in [0.717, 1.165) is 25.2 Å². The fourth-order valence-electron chi connectivity index (χ4n) is 8.13. The van der Waals surface area contributed by atoms with Crippen molar-refractivity contribution in [3.05, 3.63) is 52.1 Å². The molecule has 0 N–H and O–H groups in total. The van der Waals surface area contributed by atoms with Crippen molar-refractivity contribution >= 4 is 47.1 Å². The van der Waals surface area contributed by atoms with Crippen LogP contribution in [-0.4, -0.2) is 130 Å². The summed E-state index contributed by atoms with van der Waals surface area (Å²) in [6.45, 7) is 17.3. The Morgan fingerprint density at radius 3 is 2.03 bits per heavy atom.